The second-order valence-corrected chi connectivity index (χ2v) is 7.00. The third-order valence-electron chi connectivity index (χ3n) is 3.41. The topological polar surface area (TPSA) is 112 Å². The fraction of sp³-hybridized carbons (Fsp3) is 0.417. The highest BCUT2D eigenvalue weighted by Crippen LogP contribution is 2.16. The van der Waals surface area contributed by atoms with Crippen LogP contribution in [-0.2, 0) is 29.3 Å². The van der Waals surface area contributed by atoms with Crippen molar-refractivity contribution in [1.82, 2.24) is 24.8 Å². The first-order valence-electron chi connectivity index (χ1n) is 6.46. The first kappa shape index (κ1) is 14.0. The van der Waals surface area contributed by atoms with E-state index in [0.717, 1.165) is 12.1 Å². The molecular formula is C12H15N5O3S. The van der Waals surface area contributed by atoms with E-state index in [-0.39, 0.29) is 10.7 Å². The van der Waals surface area contributed by atoms with Gasteiger partial charge in [-0.05, 0) is 6.42 Å². The van der Waals surface area contributed by atoms with Crippen molar-refractivity contribution < 1.29 is 8.42 Å². The summed E-state index contributed by atoms with van der Waals surface area (Å²) in [5.41, 5.74) is 0.730. The van der Waals surface area contributed by atoms with Crippen molar-refractivity contribution in [3.63, 3.8) is 0 Å². The minimum absolute atomic E-state index is 0.272. The molecule has 2 aromatic rings. The van der Waals surface area contributed by atoms with Gasteiger partial charge in [0, 0.05) is 37.3 Å². The molecule has 2 N–H and O–H groups in total. The maximum Gasteiger partial charge on any atom is 0.255 e. The molecule has 112 valence electrons. The summed E-state index contributed by atoms with van der Waals surface area (Å²) in [6.45, 7) is 1.74. The minimum atomic E-state index is -3.53. The summed E-state index contributed by atoms with van der Waals surface area (Å²) >= 11 is 0. The minimum Gasteiger partial charge on any atom is -0.348 e. The molecule has 0 unspecified atom stereocenters. The highest BCUT2D eigenvalue weighted by Gasteiger charge is 2.23. The molecule has 3 heterocycles. The van der Waals surface area contributed by atoms with Gasteiger partial charge in [0.15, 0.2) is 0 Å². The Bertz CT molecular complexity index is 810. The molecule has 3 rings (SSSR count). The molecule has 8 nitrogen and oxygen atoms in total. The Kier molecular flexibility index (Phi) is 3.38. The molecule has 9 heteroatoms. The van der Waals surface area contributed by atoms with Crippen molar-refractivity contribution in [2.45, 2.75) is 24.7 Å². The fourth-order valence-electron chi connectivity index (χ4n) is 2.38. The Morgan fingerprint density at radius 2 is 2.24 bits per heavy atom. The van der Waals surface area contributed by atoms with Crippen LogP contribution in [0.2, 0.25) is 0 Å². The van der Waals surface area contributed by atoms with Gasteiger partial charge in [-0.15, -0.1) is 0 Å². The van der Waals surface area contributed by atoms with Crippen LogP contribution in [0.4, 0.5) is 0 Å². The first-order valence-corrected chi connectivity index (χ1v) is 8.35. The van der Waals surface area contributed by atoms with Gasteiger partial charge < -0.3 is 4.98 Å². The molecule has 0 atom stereocenters. The Morgan fingerprint density at radius 1 is 1.43 bits per heavy atom. The van der Waals surface area contributed by atoms with Crippen LogP contribution in [0.5, 0.6) is 0 Å². The van der Waals surface area contributed by atoms with Crippen molar-refractivity contribution in [2.75, 3.05) is 12.8 Å². The standard InChI is InChI=1S/C12H15N5O3S/c1-21(19,20)12-15-9-6-17(7-10-13-3-4-14-10)5-2-8(9)11(18)16-12/h3-4H,2,5-7H2,1H3,(H,13,14)(H,15,16,18). The van der Waals surface area contributed by atoms with E-state index in [1.54, 1.807) is 12.4 Å². The largest absolute Gasteiger partial charge is 0.348 e. The molecule has 0 amide bonds. The van der Waals surface area contributed by atoms with Crippen molar-refractivity contribution >= 4 is 9.84 Å². The lowest BCUT2D eigenvalue weighted by Crippen LogP contribution is -2.35. The number of sulfone groups is 1. The number of aromatic nitrogens is 4. The molecule has 0 aliphatic carbocycles. The summed E-state index contributed by atoms with van der Waals surface area (Å²) < 4.78 is 23.1. The quantitative estimate of drug-likeness (QED) is 0.736. The Balaban J connectivity index is 1.91. The molecule has 1 aliphatic heterocycles. The smallest absolute Gasteiger partial charge is 0.255 e. The Labute approximate surface area is 121 Å². The van der Waals surface area contributed by atoms with Crippen LogP contribution >= 0.6 is 0 Å². The molecule has 0 aromatic carbocycles. The fourth-order valence-corrected chi connectivity index (χ4v) is 2.93. The lowest BCUT2D eigenvalue weighted by molar-refractivity contribution is 0.234. The van der Waals surface area contributed by atoms with Gasteiger partial charge in [0.25, 0.3) is 5.56 Å². The number of H-pyrrole nitrogens is 2. The van der Waals surface area contributed by atoms with E-state index in [4.69, 9.17) is 0 Å². The monoisotopic (exact) mass is 309 g/mol. The van der Waals surface area contributed by atoms with Crippen molar-refractivity contribution in [1.29, 1.82) is 0 Å². The van der Waals surface area contributed by atoms with Crippen LogP contribution in [0.25, 0.3) is 0 Å². The number of nitrogens with one attached hydrogen (secondary N) is 2. The van der Waals surface area contributed by atoms with Gasteiger partial charge in [-0.1, -0.05) is 0 Å². The summed E-state index contributed by atoms with van der Waals surface area (Å²) in [7, 11) is -3.53. The maximum absolute atomic E-state index is 12.0. The normalized spacial score (nSPS) is 15.9. The van der Waals surface area contributed by atoms with E-state index < -0.39 is 9.84 Å². The number of hydrogen-bond acceptors (Lipinski definition) is 6. The zero-order chi connectivity index (χ0) is 15.0. The van der Waals surface area contributed by atoms with Crippen LogP contribution in [-0.4, -0.2) is 46.1 Å². The number of hydrogen-bond donors (Lipinski definition) is 2. The molecular weight excluding hydrogens is 294 g/mol. The van der Waals surface area contributed by atoms with Gasteiger partial charge >= 0.3 is 0 Å². The van der Waals surface area contributed by atoms with E-state index in [9.17, 15) is 13.2 Å². The van der Waals surface area contributed by atoms with Crippen LogP contribution in [0.3, 0.4) is 0 Å². The van der Waals surface area contributed by atoms with Crippen LogP contribution < -0.4 is 5.56 Å². The van der Waals surface area contributed by atoms with Gasteiger partial charge in [0.05, 0.1) is 12.2 Å². The van der Waals surface area contributed by atoms with Gasteiger partial charge in [-0.2, -0.15) is 0 Å². The zero-order valence-electron chi connectivity index (χ0n) is 11.5. The first-order chi connectivity index (χ1) is 9.93. The SMILES string of the molecule is CS(=O)(=O)c1nc2c(c(=O)[nH]1)CCN(Cc1ncc[nH]1)C2. The number of aromatic amines is 2. The average Bonchev–Trinajstić information content (AvgIpc) is 2.90. The van der Waals surface area contributed by atoms with Crippen molar-refractivity contribution in [3.05, 3.63) is 39.8 Å². The predicted octanol–water partition coefficient (Wildman–Crippen LogP) is -0.545. The van der Waals surface area contributed by atoms with Crippen LogP contribution in [0.15, 0.2) is 22.3 Å². The molecule has 0 radical (unpaired) electrons. The highest BCUT2D eigenvalue weighted by molar-refractivity contribution is 7.90. The molecule has 2 aromatic heterocycles. The third-order valence-corrected chi connectivity index (χ3v) is 4.31. The van der Waals surface area contributed by atoms with Crippen molar-refractivity contribution in [3.8, 4) is 0 Å². The van der Waals surface area contributed by atoms with Crippen LogP contribution in [0.1, 0.15) is 17.1 Å². The van der Waals surface area contributed by atoms with Gasteiger partial charge in [-0.3, -0.25) is 14.7 Å². The lowest BCUT2D eigenvalue weighted by Gasteiger charge is -2.26. The molecule has 0 saturated heterocycles. The van der Waals surface area contributed by atoms with Gasteiger partial charge in [-0.25, -0.2) is 18.4 Å². The molecule has 1 aliphatic rings. The second kappa shape index (κ2) is 5.08. The van der Waals surface area contributed by atoms with E-state index in [2.05, 4.69) is 24.8 Å². The molecule has 21 heavy (non-hydrogen) atoms. The lowest BCUT2D eigenvalue weighted by atomic mass is 10.1. The number of rotatable bonds is 3. The number of nitrogens with zero attached hydrogens (tertiary/aromatic N) is 3. The van der Waals surface area contributed by atoms with E-state index in [1.165, 1.54) is 0 Å². The van der Waals surface area contributed by atoms with Crippen molar-refractivity contribution in [2.24, 2.45) is 0 Å². The van der Waals surface area contributed by atoms with E-state index in [0.29, 0.717) is 37.3 Å². The van der Waals surface area contributed by atoms with Crippen LogP contribution in [0, 0.1) is 0 Å². The Hall–Kier alpha value is -2.00. The van der Waals surface area contributed by atoms with E-state index >= 15 is 0 Å². The third kappa shape index (κ3) is 2.88. The summed E-state index contributed by atoms with van der Waals surface area (Å²) in [6.07, 6.45) is 5.00. The summed E-state index contributed by atoms with van der Waals surface area (Å²) in [5.74, 6) is 0.826. The second-order valence-electron chi connectivity index (χ2n) is 5.07. The Morgan fingerprint density at radius 3 is 2.90 bits per heavy atom. The molecule has 0 fully saturated rings. The summed E-state index contributed by atoms with van der Waals surface area (Å²) in [4.78, 5) is 27.7. The van der Waals surface area contributed by atoms with E-state index in [1.807, 2.05) is 0 Å². The summed E-state index contributed by atoms with van der Waals surface area (Å²) in [5, 5.41) is -0.272. The maximum atomic E-state index is 12.0. The summed E-state index contributed by atoms with van der Waals surface area (Å²) in [6, 6.07) is 0. The predicted molar refractivity (Wildman–Crippen MR) is 74.4 cm³/mol. The highest BCUT2D eigenvalue weighted by atomic mass is 32.2. The van der Waals surface area contributed by atoms with Gasteiger partial charge in [0.1, 0.15) is 5.82 Å². The van der Waals surface area contributed by atoms with Gasteiger partial charge in [0.2, 0.25) is 15.0 Å². The average molecular weight is 309 g/mol. The molecule has 0 saturated carbocycles. The molecule has 0 spiro atoms. The number of fused-ring (bicyclic) bond motifs is 1. The molecule has 0 bridgehead atoms. The zero-order valence-corrected chi connectivity index (χ0v) is 12.3. The number of imidazole rings is 1.